The highest BCUT2D eigenvalue weighted by molar-refractivity contribution is 6.02. The van der Waals surface area contributed by atoms with E-state index >= 15 is 0 Å². The molecule has 0 bridgehead atoms. The van der Waals surface area contributed by atoms with Crippen LogP contribution in [-0.2, 0) is 0 Å². The van der Waals surface area contributed by atoms with Gasteiger partial charge in [-0.05, 0) is 35.7 Å². The van der Waals surface area contributed by atoms with Gasteiger partial charge < -0.3 is 4.98 Å². The lowest BCUT2D eigenvalue weighted by atomic mass is 10.00. The molecule has 0 spiro atoms. The summed E-state index contributed by atoms with van der Waals surface area (Å²) < 4.78 is 1.66. The van der Waals surface area contributed by atoms with Crippen LogP contribution in [0.15, 0.2) is 79.1 Å². The molecule has 4 aromatic rings. The molecule has 0 saturated carbocycles. The lowest BCUT2D eigenvalue weighted by Crippen LogP contribution is -2.41. The van der Waals surface area contributed by atoms with Crippen molar-refractivity contribution in [2.45, 2.75) is 19.8 Å². The standard InChI is InChI=1S/C24H23N5O2/c1-16(2)17-10-12-18(13-11-17)22-20(15-29(28-22)19-7-4-3-5-8-19)23(30)26-27-24(31)21-9-6-14-25-21/h3-16,25H,1-2H3,(H,26,30)(H,27,31). The Bertz CT molecular complexity index is 1180. The van der Waals surface area contributed by atoms with Crippen LogP contribution in [0.5, 0.6) is 0 Å². The zero-order chi connectivity index (χ0) is 21.8. The van der Waals surface area contributed by atoms with E-state index in [2.05, 4.69) is 34.8 Å². The summed E-state index contributed by atoms with van der Waals surface area (Å²) in [6, 6.07) is 20.9. The third-order valence-corrected chi connectivity index (χ3v) is 4.96. The summed E-state index contributed by atoms with van der Waals surface area (Å²) in [5.74, 6) is -0.483. The van der Waals surface area contributed by atoms with Crippen molar-refractivity contribution in [1.82, 2.24) is 25.6 Å². The minimum absolute atomic E-state index is 0.352. The van der Waals surface area contributed by atoms with E-state index in [1.165, 1.54) is 5.56 Å². The van der Waals surface area contributed by atoms with Crippen LogP contribution in [0.3, 0.4) is 0 Å². The predicted molar refractivity (Wildman–Crippen MR) is 119 cm³/mol. The van der Waals surface area contributed by atoms with Crippen LogP contribution in [-0.4, -0.2) is 26.6 Å². The van der Waals surface area contributed by atoms with Crippen LogP contribution in [0.4, 0.5) is 0 Å². The summed E-state index contributed by atoms with van der Waals surface area (Å²) >= 11 is 0. The van der Waals surface area contributed by atoms with Crippen molar-refractivity contribution < 1.29 is 9.59 Å². The van der Waals surface area contributed by atoms with Gasteiger partial charge in [0.2, 0.25) is 0 Å². The Balaban J connectivity index is 1.65. The van der Waals surface area contributed by atoms with Crippen molar-refractivity contribution in [3.63, 3.8) is 0 Å². The Hall–Kier alpha value is -4.13. The molecule has 2 amide bonds. The molecule has 0 saturated heterocycles. The zero-order valence-corrected chi connectivity index (χ0v) is 17.3. The monoisotopic (exact) mass is 413 g/mol. The van der Waals surface area contributed by atoms with Gasteiger partial charge in [0, 0.05) is 18.0 Å². The van der Waals surface area contributed by atoms with E-state index in [1.54, 1.807) is 29.2 Å². The number of carbonyl (C=O) groups excluding carboxylic acids is 2. The summed E-state index contributed by atoms with van der Waals surface area (Å²) in [5.41, 5.74) is 9.00. The molecule has 2 aromatic carbocycles. The molecule has 7 nitrogen and oxygen atoms in total. The number of hydrogen-bond donors (Lipinski definition) is 3. The Kier molecular flexibility index (Phi) is 5.66. The van der Waals surface area contributed by atoms with Crippen molar-refractivity contribution in [3.05, 3.63) is 95.9 Å². The number of aromatic nitrogens is 3. The molecule has 0 unspecified atom stereocenters. The second-order valence-electron chi connectivity index (χ2n) is 7.44. The third-order valence-electron chi connectivity index (χ3n) is 4.96. The summed E-state index contributed by atoms with van der Waals surface area (Å²) in [4.78, 5) is 27.9. The fourth-order valence-electron chi connectivity index (χ4n) is 3.21. The highest BCUT2D eigenvalue weighted by atomic mass is 16.2. The van der Waals surface area contributed by atoms with Gasteiger partial charge in [-0.25, -0.2) is 4.68 Å². The first-order valence-electron chi connectivity index (χ1n) is 10.0. The number of nitrogens with zero attached hydrogens (tertiary/aromatic N) is 2. The van der Waals surface area contributed by atoms with E-state index in [9.17, 15) is 9.59 Å². The molecule has 0 atom stereocenters. The van der Waals surface area contributed by atoms with Gasteiger partial charge >= 0.3 is 0 Å². The fraction of sp³-hybridized carbons (Fsp3) is 0.125. The van der Waals surface area contributed by atoms with Gasteiger partial charge in [0.25, 0.3) is 11.8 Å². The van der Waals surface area contributed by atoms with E-state index in [4.69, 9.17) is 0 Å². The minimum Gasteiger partial charge on any atom is -0.357 e. The Morgan fingerprint density at radius 1 is 0.903 bits per heavy atom. The molecule has 0 aliphatic carbocycles. The maximum atomic E-state index is 12.9. The predicted octanol–water partition coefficient (Wildman–Crippen LogP) is 4.07. The number of hydrazine groups is 1. The van der Waals surface area contributed by atoms with Gasteiger partial charge in [-0.1, -0.05) is 56.3 Å². The second kappa shape index (κ2) is 8.71. The summed E-state index contributed by atoms with van der Waals surface area (Å²) in [5, 5.41) is 4.66. The lowest BCUT2D eigenvalue weighted by molar-refractivity contribution is 0.0844. The maximum absolute atomic E-state index is 12.9. The smallest absolute Gasteiger partial charge is 0.286 e. The normalized spacial score (nSPS) is 10.8. The molecule has 0 aliphatic rings. The number of nitrogens with one attached hydrogen (secondary N) is 3. The molecule has 31 heavy (non-hydrogen) atoms. The third kappa shape index (κ3) is 4.40. The SMILES string of the molecule is CC(C)c1ccc(-c2nn(-c3ccccc3)cc2C(=O)NNC(=O)c2ccc[nH]2)cc1. The van der Waals surface area contributed by atoms with Crippen molar-refractivity contribution in [3.8, 4) is 16.9 Å². The summed E-state index contributed by atoms with van der Waals surface area (Å²) in [7, 11) is 0. The van der Waals surface area contributed by atoms with E-state index in [-0.39, 0.29) is 0 Å². The van der Waals surface area contributed by atoms with Gasteiger partial charge in [0.1, 0.15) is 11.4 Å². The van der Waals surface area contributed by atoms with E-state index < -0.39 is 11.8 Å². The first-order chi connectivity index (χ1) is 15.0. The van der Waals surface area contributed by atoms with Gasteiger partial charge in [-0.2, -0.15) is 5.10 Å². The Morgan fingerprint density at radius 3 is 2.26 bits per heavy atom. The quantitative estimate of drug-likeness (QED) is 0.431. The van der Waals surface area contributed by atoms with Crippen molar-refractivity contribution in [1.29, 1.82) is 0 Å². The van der Waals surface area contributed by atoms with Crippen LogP contribution >= 0.6 is 0 Å². The van der Waals surface area contributed by atoms with E-state index in [0.717, 1.165) is 11.3 Å². The van der Waals surface area contributed by atoms with E-state index in [0.29, 0.717) is 22.9 Å². The number of carbonyl (C=O) groups is 2. The molecular formula is C24H23N5O2. The second-order valence-corrected chi connectivity index (χ2v) is 7.44. The molecule has 0 radical (unpaired) electrons. The average molecular weight is 413 g/mol. The number of rotatable bonds is 5. The lowest BCUT2D eigenvalue weighted by Gasteiger charge is -2.08. The number of hydrogen-bond acceptors (Lipinski definition) is 3. The van der Waals surface area contributed by atoms with E-state index in [1.807, 2.05) is 54.6 Å². The topological polar surface area (TPSA) is 91.8 Å². The molecule has 7 heteroatoms. The molecule has 3 N–H and O–H groups in total. The van der Waals surface area contributed by atoms with Crippen LogP contribution in [0.1, 0.15) is 46.2 Å². The Labute approximate surface area is 180 Å². The molecule has 4 rings (SSSR count). The maximum Gasteiger partial charge on any atom is 0.286 e. The first-order valence-corrected chi connectivity index (χ1v) is 10.0. The van der Waals surface area contributed by atoms with Crippen LogP contribution in [0.2, 0.25) is 0 Å². The number of H-pyrrole nitrogens is 1. The fourth-order valence-corrected chi connectivity index (χ4v) is 3.21. The number of aromatic amines is 1. The van der Waals surface area contributed by atoms with Gasteiger partial charge in [-0.3, -0.25) is 20.4 Å². The van der Waals surface area contributed by atoms with Crippen LogP contribution in [0.25, 0.3) is 16.9 Å². The number of para-hydroxylation sites is 1. The van der Waals surface area contributed by atoms with Crippen molar-refractivity contribution >= 4 is 11.8 Å². The zero-order valence-electron chi connectivity index (χ0n) is 17.3. The Morgan fingerprint density at radius 2 is 1.61 bits per heavy atom. The van der Waals surface area contributed by atoms with Gasteiger partial charge in [-0.15, -0.1) is 0 Å². The molecule has 2 aromatic heterocycles. The largest absolute Gasteiger partial charge is 0.357 e. The molecule has 0 aliphatic heterocycles. The summed E-state index contributed by atoms with van der Waals surface area (Å²) in [6.07, 6.45) is 3.30. The average Bonchev–Trinajstić information content (AvgIpc) is 3.48. The highest BCUT2D eigenvalue weighted by Gasteiger charge is 2.20. The summed E-state index contributed by atoms with van der Waals surface area (Å²) in [6.45, 7) is 4.26. The molecule has 2 heterocycles. The number of amides is 2. The molecule has 156 valence electrons. The van der Waals surface area contributed by atoms with Crippen molar-refractivity contribution in [2.75, 3.05) is 0 Å². The first kappa shape index (κ1) is 20.2. The highest BCUT2D eigenvalue weighted by Crippen LogP contribution is 2.26. The van der Waals surface area contributed by atoms with Gasteiger partial charge in [0.05, 0.1) is 11.3 Å². The van der Waals surface area contributed by atoms with Crippen LogP contribution < -0.4 is 10.9 Å². The molecule has 0 fully saturated rings. The van der Waals surface area contributed by atoms with Crippen molar-refractivity contribution in [2.24, 2.45) is 0 Å². The minimum atomic E-state index is -0.454. The van der Waals surface area contributed by atoms with Crippen LogP contribution in [0, 0.1) is 0 Å². The molecular weight excluding hydrogens is 390 g/mol. The number of benzene rings is 2. The van der Waals surface area contributed by atoms with Gasteiger partial charge in [0.15, 0.2) is 0 Å².